The first kappa shape index (κ1) is 45.3. The maximum absolute atomic E-state index is 13.4. The third kappa shape index (κ3) is 22.7. The fraction of sp³-hybridized carbons (Fsp3) is 0.824. The molecule has 2 atom stereocenters. The van der Waals surface area contributed by atoms with E-state index in [0.29, 0.717) is 71.2 Å². The third-order valence-corrected chi connectivity index (χ3v) is 8.19. The number of carbonyl (C=O) groups is 6. The topological polar surface area (TPSA) is 240 Å². The highest BCUT2D eigenvalue weighted by Gasteiger charge is 2.31. The van der Waals surface area contributed by atoms with Crippen molar-refractivity contribution in [1.29, 1.82) is 0 Å². The molecule has 1 aliphatic rings. The molecule has 17 heteroatoms. The predicted molar refractivity (Wildman–Crippen MR) is 191 cm³/mol. The van der Waals surface area contributed by atoms with Crippen LogP contribution >= 0.6 is 0 Å². The molecule has 0 heterocycles. The summed E-state index contributed by atoms with van der Waals surface area (Å²) in [5.74, 6) is -1.35. The minimum absolute atomic E-state index is 0.0277. The number of urea groups is 1. The molecular weight excluding hydrogens is 664 g/mol. The van der Waals surface area contributed by atoms with Crippen molar-refractivity contribution in [1.82, 2.24) is 37.2 Å². The van der Waals surface area contributed by atoms with Crippen LogP contribution in [0.1, 0.15) is 86.0 Å². The van der Waals surface area contributed by atoms with Crippen LogP contribution < -0.4 is 43.0 Å². The molecule has 294 valence electrons. The van der Waals surface area contributed by atoms with Gasteiger partial charge in [-0.25, -0.2) is 9.59 Å². The zero-order valence-corrected chi connectivity index (χ0v) is 31.2. The molecule has 7 amide bonds. The SMILES string of the molecule is CCC(=O)NCCOCCOCCC(=O)N[C@H](C(=O)NC(CCCNC(N)=O)C(=O)NC1CCC(COC(=O)NCCNC(C)C)CC1)C(C)C. The average Bonchev–Trinajstić information content (AvgIpc) is 3.08. The molecule has 0 aromatic carbocycles. The molecule has 1 aliphatic carbocycles. The number of amides is 7. The van der Waals surface area contributed by atoms with E-state index in [2.05, 4.69) is 37.2 Å². The lowest BCUT2D eigenvalue weighted by Gasteiger charge is -2.31. The zero-order chi connectivity index (χ0) is 38.0. The number of nitrogens with two attached hydrogens (primary N) is 1. The molecule has 1 saturated carbocycles. The van der Waals surface area contributed by atoms with Gasteiger partial charge in [-0.05, 0) is 50.4 Å². The molecule has 0 bridgehead atoms. The summed E-state index contributed by atoms with van der Waals surface area (Å²) < 4.78 is 16.2. The van der Waals surface area contributed by atoms with Crippen LogP contribution in [0.15, 0.2) is 0 Å². The van der Waals surface area contributed by atoms with Gasteiger partial charge in [0.05, 0.1) is 33.0 Å². The standard InChI is InChI=1S/C34H64N8O9/c1-6-28(43)37-17-19-50-21-20-49-18-13-29(44)42-30(23(2)3)32(46)41-27(8-7-14-38-33(35)47)31(45)40-26-11-9-25(10-12-26)22-51-34(48)39-16-15-36-24(4)5/h23-27,30,36H,6-22H2,1-5H3,(H,37,43)(H,39,48)(H,40,45)(H,41,46)(H,42,44)(H3,35,38,47)/t25?,26?,27?,30-/m0/s1. The van der Waals surface area contributed by atoms with Crippen molar-refractivity contribution in [2.75, 3.05) is 59.2 Å². The van der Waals surface area contributed by atoms with E-state index in [1.54, 1.807) is 20.8 Å². The summed E-state index contributed by atoms with van der Waals surface area (Å²) in [4.78, 5) is 73.8. The number of alkyl carbamates (subject to hydrolysis) is 1. The van der Waals surface area contributed by atoms with Crippen molar-refractivity contribution in [3.63, 3.8) is 0 Å². The Hall–Kier alpha value is -3.70. The average molecular weight is 729 g/mol. The number of carbonyl (C=O) groups excluding carboxylic acids is 6. The lowest BCUT2D eigenvalue weighted by molar-refractivity contribution is -0.133. The van der Waals surface area contributed by atoms with Gasteiger partial charge in [-0.1, -0.05) is 34.6 Å². The maximum atomic E-state index is 13.4. The van der Waals surface area contributed by atoms with Gasteiger partial charge in [-0.2, -0.15) is 0 Å². The van der Waals surface area contributed by atoms with Crippen molar-refractivity contribution >= 4 is 35.8 Å². The zero-order valence-electron chi connectivity index (χ0n) is 31.2. The van der Waals surface area contributed by atoms with Crippen LogP contribution in [0.2, 0.25) is 0 Å². The normalized spacial score (nSPS) is 16.8. The predicted octanol–water partition coefficient (Wildman–Crippen LogP) is 0.409. The third-order valence-electron chi connectivity index (χ3n) is 8.19. The van der Waals surface area contributed by atoms with Crippen LogP contribution in [0.5, 0.6) is 0 Å². The minimum atomic E-state index is -0.904. The van der Waals surface area contributed by atoms with Crippen molar-refractivity contribution in [2.45, 2.75) is 110 Å². The minimum Gasteiger partial charge on any atom is -0.449 e. The van der Waals surface area contributed by atoms with E-state index < -0.39 is 30.1 Å². The largest absolute Gasteiger partial charge is 0.449 e. The lowest BCUT2D eigenvalue weighted by Crippen LogP contribution is -2.56. The Bertz CT molecular complexity index is 1050. The number of hydrogen-bond acceptors (Lipinski definition) is 10. The molecule has 51 heavy (non-hydrogen) atoms. The van der Waals surface area contributed by atoms with Gasteiger partial charge in [0.15, 0.2) is 0 Å². The molecule has 1 unspecified atom stereocenters. The number of nitrogens with one attached hydrogen (secondary N) is 7. The summed E-state index contributed by atoms with van der Waals surface area (Å²) in [7, 11) is 0. The van der Waals surface area contributed by atoms with Crippen LogP contribution in [0.4, 0.5) is 9.59 Å². The molecule has 0 aromatic heterocycles. The maximum Gasteiger partial charge on any atom is 0.407 e. The molecule has 0 saturated heterocycles. The molecule has 0 aliphatic heterocycles. The fourth-order valence-electron chi connectivity index (χ4n) is 5.25. The highest BCUT2D eigenvalue weighted by atomic mass is 16.5. The first-order valence-electron chi connectivity index (χ1n) is 18.3. The quantitative estimate of drug-likeness (QED) is 0.0571. The van der Waals surface area contributed by atoms with E-state index in [9.17, 15) is 28.8 Å². The summed E-state index contributed by atoms with van der Waals surface area (Å²) in [5, 5.41) is 19.8. The van der Waals surface area contributed by atoms with E-state index in [1.165, 1.54) is 0 Å². The summed E-state index contributed by atoms with van der Waals surface area (Å²) in [6.07, 6.45) is 3.54. The molecule has 17 nitrogen and oxygen atoms in total. The summed E-state index contributed by atoms with van der Waals surface area (Å²) >= 11 is 0. The number of hydrogen-bond donors (Lipinski definition) is 8. The highest BCUT2D eigenvalue weighted by molar-refractivity contribution is 5.92. The van der Waals surface area contributed by atoms with Crippen molar-refractivity contribution in [2.24, 2.45) is 17.6 Å². The van der Waals surface area contributed by atoms with E-state index >= 15 is 0 Å². The Morgan fingerprint density at radius 3 is 2.06 bits per heavy atom. The van der Waals surface area contributed by atoms with Crippen LogP contribution in [-0.4, -0.2) is 119 Å². The second-order valence-electron chi connectivity index (χ2n) is 13.3. The van der Waals surface area contributed by atoms with Crippen molar-refractivity contribution < 1.29 is 43.0 Å². The molecule has 1 rings (SSSR count). The molecule has 9 N–H and O–H groups in total. The van der Waals surface area contributed by atoms with Crippen LogP contribution in [0, 0.1) is 11.8 Å². The monoisotopic (exact) mass is 728 g/mol. The smallest absolute Gasteiger partial charge is 0.407 e. The Kier molecular flexibility index (Phi) is 24.0. The number of ether oxygens (including phenoxy) is 3. The first-order chi connectivity index (χ1) is 24.3. The van der Waals surface area contributed by atoms with Gasteiger partial charge < -0.3 is 57.2 Å². The van der Waals surface area contributed by atoms with E-state index in [4.69, 9.17) is 19.9 Å². The highest BCUT2D eigenvalue weighted by Crippen LogP contribution is 2.25. The van der Waals surface area contributed by atoms with E-state index in [-0.39, 0.29) is 68.2 Å². The van der Waals surface area contributed by atoms with Crippen LogP contribution in [0.25, 0.3) is 0 Å². The molecular formula is C34H64N8O9. The number of rotatable bonds is 26. The first-order valence-corrected chi connectivity index (χ1v) is 18.3. The summed E-state index contributed by atoms with van der Waals surface area (Å²) in [5.41, 5.74) is 5.17. The summed E-state index contributed by atoms with van der Waals surface area (Å²) in [6.45, 7) is 12.6. The van der Waals surface area contributed by atoms with Crippen molar-refractivity contribution in [3.05, 3.63) is 0 Å². The van der Waals surface area contributed by atoms with Gasteiger partial charge in [0.1, 0.15) is 12.1 Å². The van der Waals surface area contributed by atoms with Gasteiger partial charge in [-0.3, -0.25) is 19.2 Å². The lowest BCUT2D eigenvalue weighted by atomic mass is 9.86. The van der Waals surface area contributed by atoms with Gasteiger partial charge >= 0.3 is 12.1 Å². The second-order valence-corrected chi connectivity index (χ2v) is 13.3. The van der Waals surface area contributed by atoms with Gasteiger partial charge in [0.2, 0.25) is 23.6 Å². The number of primary amides is 1. The van der Waals surface area contributed by atoms with Crippen molar-refractivity contribution in [3.8, 4) is 0 Å². The Morgan fingerprint density at radius 2 is 1.43 bits per heavy atom. The molecule has 1 fully saturated rings. The van der Waals surface area contributed by atoms with Crippen LogP contribution in [-0.2, 0) is 33.4 Å². The van der Waals surface area contributed by atoms with E-state index in [1.807, 2.05) is 13.8 Å². The Labute approximate surface area is 302 Å². The Balaban J connectivity index is 2.56. The Morgan fingerprint density at radius 1 is 0.745 bits per heavy atom. The van der Waals surface area contributed by atoms with Gasteiger partial charge in [0.25, 0.3) is 0 Å². The summed E-state index contributed by atoms with van der Waals surface area (Å²) in [6, 6.07) is -2.25. The molecule has 0 aromatic rings. The van der Waals surface area contributed by atoms with Crippen LogP contribution in [0.3, 0.4) is 0 Å². The van der Waals surface area contributed by atoms with Gasteiger partial charge in [-0.15, -0.1) is 0 Å². The molecule has 0 radical (unpaired) electrons. The van der Waals surface area contributed by atoms with E-state index in [0.717, 1.165) is 12.8 Å². The fourth-order valence-corrected chi connectivity index (χ4v) is 5.25. The second kappa shape index (κ2) is 27.0. The molecule has 0 spiro atoms. The van der Waals surface area contributed by atoms with Gasteiger partial charge in [0, 0.05) is 51.1 Å².